The smallest absolute Gasteiger partial charge is 0.274 e. The van der Waals surface area contributed by atoms with Gasteiger partial charge in [0.15, 0.2) is 5.69 Å². The van der Waals surface area contributed by atoms with Crippen molar-refractivity contribution in [3.63, 3.8) is 0 Å². The Balaban J connectivity index is 1.17. The van der Waals surface area contributed by atoms with E-state index in [0.717, 1.165) is 30.7 Å². The lowest BCUT2D eigenvalue weighted by Crippen LogP contribution is -2.35. The van der Waals surface area contributed by atoms with Gasteiger partial charge < -0.3 is 15.1 Å². The van der Waals surface area contributed by atoms with Crippen molar-refractivity contribution < 1.29 is 14.4 Å². The Bertz CT molecular complexity index is 1290. The van der Waals surface area contributed by atoms with Crippen LogP contribution in [-0.4, -0.2) is 68.5 Å². The number of likely N-dealkylation sites (tertiary alicyclic amines) is 1. The molecule has 1 fully saturated rings. The van der Waals surface area contributed by atoms with Crippen LogP contribution in [0.3, 0.4) is 0 Å². The first-order valence-electron chi connectivity index (χ1n) is 12.1. The maximum atomic E-state index is 13.3. The molecule has 2 aromatic heterocycles. The molecule has 3 amide bonds. The lowest BCUT2D eigenvalue weighted by molar-refractivity contribution is 0.0728. The van der Waals surface area contributed by atoms with E-state index >= 15 is 0 Å². The second-order valence-corrected chi connectivity index (χ2v) is 10.1. The summed E-state index contributed by atoms with van der Waals surface area (Å²) in [5, 5.41) is 9.75. The number of hydrogen-bond donors (Lipinski definition) is 1. The largest absolute Gasteiger partial charge is 0.349 e. The van der Waals surface area contributed by atoms with Gasteiger partial charge in [0.05, 0.1) is 12.6 Å². The van der Waals surface area contributed by atoms with E-state index in [0.29, 0.717) is 44.1 Å². The molecule has 3 aliphatic rings. The van der Waals surface area contributed by atoms with Crippen LogP contribution in [0, 0.1) is 0 Å². The molecule has 35 heavy (non-hydrogen) atoms. The molecular formula is C25H26N6O3S. The van der Waals surface area contributed by atoms with Crippen molar-refractivity contribution in [3.8, 4) is 0 Å². The average molecular weight is 491 g/mol. The van der Waals surface area contributed by atoms with Crippen LogP contribution in [0.5, 0.6) is 0 Å². The predicted octanol–water partition coefficient (Wildman–Crippen LogP) is 2.30. The first kappa shape index (κ1) is 22.0. The number of nitrogens with zero attached hydrogens (tertiary/aromatic N) is 5. The highest BCUT2D eigenvalue weighted by molar-refractivity contribution is 7.09. The predicted molar refractivity (Wildman–Crippen MR) is 129 cm³/mol. The van der Waals surface area contributed by atoms with E-state index in [-0.39, 0.29) is 29.5 Å². The highest BCUT2D eigenvalue weighted by Crippen LogP contribution is 2.35. The monoisotopic (exact) mass is 490 g/mol. The van der Waals surface area contributed by atoms with Crippen LogP contribution in [0.2, 0.25) is 0 Å². The van der Waals surface area contributed by atoms with Crippen molar-refractivity contribution in [2.45, 2.75) is 38.3 Å². The number of aromatic nitrogens is 3. The third kappa shape index (κ3) is 4.01. The summed E-state index contributed by atoms with van der Waals surface area (Å²) in [4.78, 5) is 47.0. The number of nitrogens with one attached hydrogen (secondary N) is 1. The average Bonchev–Trinajstić information content (AvgIpc) is 3.61. The molecule has 0 radical (unpaired) electrons. The van der Waals surface area contributed by atoms with Gasteiger partial charge in [-0.2, -0.15) is 5.10 Å². The number of fused-ring (bicyclic) bond motifs is 2. The summed E-state index contributed by atoms with van der Waals surface area (Å²) in [5.74, 6) is -0.458. The van der Waals surface area contributed by atoms with Crippen molar-refractivity contribution in [1.82, 2.24) is 29.9 Å². The van der Waals surface area contributed by atoms with E-state index in [9.17, 15) is 14.4 Å². The molecule has 6 rings (SSSR count). The maximum Gasteiger partial charge on any atom is 0.274 e. The number of thiazole rings is 1. The van der Waals surface area contributed by atoms with Gasteiger partial charge in [-0.1, -0.05) is 24.3 Å². The minimum absolute atomic E-state index is 0.0519. The van der Waals surface area contributed by atoms with Gasteiger partial charge in [-0.05, 0) is 36.8 Å². The molecule has 10 heteroatoms. The summed E-state index contributed by atoms with van der Waals surface area (Å²) in [5.41, 5.74) is 3.75. The Morgan fingerprint density at radius 1 is 1.00 bits per heavy atom. The van der Waals surface area contributed by atoms with Crippen LogP contribution < -0.4 is 5.32 Å². The Morgan fingerprint density at radius 3 is 2.51 bits per heavy atom. The van der Waals surface area contributed by atoms with E-state index in [2.05, 4.69) is 22.5 Å². The zero-order valence-corrected chi connectivity index (χ0v) is 20.1. The number of rotatable bonds is 3. The van der Waals surface area contributed by atoms with Crippen molar-refractivity contribution >= 4 is 29.1 Å². The van der Waals surface area contributed by atoms with Gasteiger partial charge in [-0.3, -0.25) is 19.1 Å². The fourth-order valence-corrected chi connectivity index (χ4v) is 6.17. The summed E-state index contributed by atoms with van der Waals surface area (Å²) >= 11 is 1.43. The normalized spacial score (nSPS) is 19.7. The fourth-order valence-electron chi connectivity index (χ4n) is 5.23. The number of hydrogen-bond acceptors (Lipinski definition) is 6. The first-order valence-corrected chi connectivity index (χ1v) is 12.9. The van der Waals surface area contributed by atoms with Gasteiger partial charge in [0.1, 0.15) is 16.4 Å². The fraction of sp³-hybridized carbons (Fsp3) is 0.400. The van der Waals surface area contributed by atoms with Crippen LogP contribution >= 0.6 is 11.3 Å². The highest BCUT2D eigenvalue weighted by atomic mass is 32.1. The van der Waals surface area contributed by atoms with E-state index in [1.807, 2.05) is 22.4 Å². The molecule has 5 heterocycles. The number of carbonyl (C=O) groups is 3. The van der Waals surface area contributed by atoms with Gasteiger partial charge in [0, 0.05) is 37.6 Å². The molecule has 0 spiro atoms. The van der Waals surface area contributed by atoms with E-state index < -0.39 is 0 Å². The number of benzene rings is 1. The van der Waals surface area contributed by atoms with Gasteiger partial charge in [-0.15, -0.1) is 11.3 Å². The van der Waals surface area contributed by atoms with Crippen molar-refractivity contribution in [2.75, 3.05) is 26.2 Å². The van der Waals surface area contributed by atoms with E-state index in [4.69, 9.17) is 4.98 Å². The molecule has 1 atom stereocenters. The lowest BCUT2D eigenvalue weighted by atomic mass is 10.0. The van der Waals surface area contributed by atoms with Gasteiger partial charge in [0.25, 0.3) is 17.7 Å². The molecule has 1 N–H and O–H groups in total. The SMILES string of the molecule is O=C1NCCn2nc(C(=O)N3CCC[C@H]3c3nc(C(=O)N4CCc5ccccc5CC4)cs3)cc21. The minimum atomic E-state index is -0.208. The Kier molecular flexibility index (Phi) is 5.60. The Hall–Kier alpha value is -3.53. The second-order valence-electron chi connectivity index (χ2n) is 9.18. The summed E-state index contributed by atoms with van der Waals surface area (Å²) < 4.78 is 1.59. The van der Waals surface area contributed by atoms with Gasteiger partial charge >= 0.3 is 0 Å². The summed E-state index contributed by atoms with van der Waals surface area (Å²) in [7, 11) is 0. The van der Waals surface area contributed by atoms with Gasteiger partial charge in [-0.25, -0.2) is 4.98 Å². The third-order valence-corrected chi connectivity index (χ3v) is 8.03. The summed E-state index contributed by atoms with van der Waals surface area (Å²) in [6.45, 7) is 3.01. The lowest BCUT2D eigenvalue weighted by Gasteiger charge is -2.22. The molecule has 0 saturated carbocycles. The highest BCUT2D eigenvalue weighted by Gasteiger charge is 2.35. The van der Waals surface area contributed by atoms with Crippen LogP contribution in [0.4, 0.5) is 0 Å². The van der Waals surface area contributed by atoms with E-state index in [1.165, 1.54) is 22.5 Å². The van der Waals surface area contributed by atoms with Crippen LogP contribution in [0.1, 0.15) is 66.5 Å². The molecule has 1 saturated heterocycles. The zero-order valence-electron chi connectivity index (χ0n) is 19.3. The van der Waals surface area contributed by atoms with Crippen molar-refractivity contribution in [3.05, 3.63) is 68.9 Å². The third-order valence-electron chi connectivity index (χ3n) is 7.09. The maximum absolute atomic E-state index is 13.3. The first-order chi connectivity index (χ1) is 17.1. The zero-order chi connectivity index (χ0) is 23.9. The minimum Gasteiger partial charge on any atom is -0.349 e. The van der Waals surface area contributed by atoms with Crippen LogP contribution in [0.15, 0.2) is 35.7 Å². The molecule has 180 valence electrons. The number of carbonyl (C=O) groups excluding carboxylic acids is 3. The van der Waals surface area contributed by atoms with Crippen molar-refractivity contribution in [2.24, 2.45) is 0 Å². The molecule has 0 aliphatic carbocycles. The summed E-state index contributed by atoms with van der Waals surface area (Å²) in [6, 6.07) is 9.75. The van der Waals surface area contributed by atoms with Gasteiger partial charge in [0.2, 0.25) is 0 Å². The molecular weight excluding hydrogens is 464 g/mol. The second kappa shape index (κ2) is 8.92. The molecule has 0 bridgehead atoms. The Labute approximate surface area is 206 Å². The molecule has 9 nitrogen and oxygen atoms in total. The quantitative estimate of drug-likeness (QED) is 0.607. The summed E-state index contributed by atoms with van der Waals surface area (Å²) in [6.07, 6.45) is 3.34. The van der Waals surface area contributed by atoms with Crippen LogP contribution in [0.25, 0.3) is 0 Å². The topological polar surface area (TPSA) is 100 Å². The van der Waals surface area contributed by atoms with Crippen molar-refractivity contribution in [1.29, 1.82) is 0 Å². The van der Waals surface area contributed by atoms with E-state index in [1.54, 1.807) is 15.6 Å². The standard InChI is InChI=1S/C25H26N6O3S/c32-22-21-14-18(28-31(21)13-9-26-22)25(34)30-10-3-6-20(30)23-27-19(15-35-23)24(33)29-11-7-16-4-1-2-5-17(16)8-12-29/h1-2,4-5,14-15,20H,3,6-13H2,(H,26,32)/t20-/m0/s1. The molecule has 0 unspecified atom stereocenters. The molecule has 3 aliphatic heterocycles. The van der Waals surface area contributed by atoms with Crippen LogP contribution in [-0.2, 0) is 19.4 Å². The molecule has 1 aromatic carbocycles. The molecule has 3 aromatic rings. The number of amides is 3. The Morgan fingerprint density at radius 2 is 1.77 bits per heavy atom.